The molecule has 2 N–H and O–H groups in total. The average molecular weight is 413 g/mol. The van der Waals surface area contributed by atoms with E-state index in [1.54, 1.807) is 0 Å². The first-order valence-electron chi connectivity index (χ1n) is 8.43. The van der Waals surface area contributed by atoms with Gasteiger partial charge in [0.1, 0.15) is 0 Å². The van der Waals surface area contributed by atoms with Crippen molar-refractivity contribution in [1.29, 1.82) is 0 Å². The topological polar surface area (TPSA) is 36.4 Å². The molecule has 0 spiro atoms. The lowest BCUT2D eigenvalue weighted by atomic mass is 9.96. The summed E-state index contributed by atoms with van der Waals surface area (Å²) in [5.41, 5.74) is 1.76. The fourth-order valence-electron chi connectivity index (χ4n) is 2.67. The molecular formula is C18H28IN3. The first kappa shape index (κ1) is 17.6. The van der Waals surface area contributed by atoms with Gasteiger partial charge in [-0.3, -0.25) is 4.99 Å². The van der Waals surface area contributed by atoms with Gasteiger partial charge in [0.25, 0.3) is 0 Å². The van der Waals surface area contributed by atoms with E-state index in [4.69, 9.17) is 4.99 Å². The SMILES string of the molecule is CCCCNC(=NCC1(c2ccccc2)CC1)NC1CC1.I. The molecule has 0 unspecified atom stereocenters. The quantitative estimate of drug-likeness (QED) is 0.309. The van der Waals surface area contributed by atoms with Crippen LogP contribution in [0.25, 0.3) is 0 Å². The molecule has 0 heterocycles. The summed E-state index contributed by atoms with van der Waals surface area (Å²) in [5.74, 6) is 1.02. The van der Waals surface area contributed by atoms with E-state index in [1.807, 2.05) is 0 Å². The second-order valence-electron chi connectivity index (χ2n) is 6.51. The zero-order valence-corrected chi connectivity index (χ0v) is 15.8. The van der Waals surface area contributed by atoms with Gasteiger partial charge in [-0.1, -0.05) is 43.7 Å². The van der Waals surface area contributed by atoms with Crippen molar-refractivity contribution >= 4 is 29.9 Å². The summed E-state index contributed by atoms with van der Waals surface area (Å²) in [6.07, 6.45) is 7.54. The Morgan fingerprint density at radius 1 is 1.23 bits per heavy atom. The number of nitrogens with one attached hydrogen (secondary N) is 2. The van der Waals surface area contributed by atoms with Crippen LogP contribution < -0.4 is 10.6 Å². The van der Waals surface area contributed by atoms with E-state index >= 15 is 0 Å². The Balaban J connectivity index is 0.00000176. The smallest absolute Gasteiger partial charge is 0.191 e. The highest BCUT2D eigenvalue weighted by atomic mass is 127. The molecule has 0 bridgehead atoms. The summed E-state index contributed by atoms with van der Waals surface area (Å²) in [6, 6.07) is 11.5. The monoisotopic (exact) mass is 413 g/mol. The van der Waals surface area contributed by atoms with E-state index in [0.717, 1.165) is 19.0 Å². The van der Waals surface area contributed by atoms with Gasteiger partial charge >= 0.3 is 0 Å². The molecule has 22 heavy (non-hydrogen) atoms. The number of rotatable bonds is 7. The molecule has 122 valence electrons. The molecule has 3 nitrogen and oxygen atoms in total. The molecule has 2 aliphatic rings. The van der Waals surface area contributed by atoms with Gasteiger partial charge in [-0.05, 0) is 37.7 Å². The van der Waals surface area contributed by atoms with Crippen LogP contribution in [0.15, 0.2) is 35.3 Å². The van der Waals surface area contributed by atoms with Gasteiger partial charge in [0.05, 0.1) is 6.54 Å². The Kier molecular flexibility index (Phi) is 6.53. The standard InChI is InChI=1S/C18H27N3.HI/c1-2-3-13-19-17(21-16-9-10-16)20-14-18(11-12-18)15-7-5-4-6-8-15;/h4-8,16H,2-3,9-14H2,1H3,(H2,19,20,21);1H. The van der Waals surface area contributed by atoms with Crippen molar-refractivity contribution in [1.82, 2.24) is 10.6 Å². The van der Waals surface area contributed by atoms with Crippen molar-refractivity contribution in [3.8, 4) is 0 Å². The van der Waals surface area contributed by atoms with Crippen LogP contribution in [0.2, 0.25) is 0 Å². The molecule has 4 heteroatoms. The van der Waals surface area contributed by atoms with Crippen molar-refractivity contribution < 1.29 is 0 Å². The van der Waals surface area contributed by atoms with Crippen LogP contribution in [-0.4, -0.2) is 25.1 Å². The highest BCUT2D eigenvalue weighted by Crippen LogP contribution is 2.48. The Morgan fingerprint density at radius 2 is 1.95 bits per heavy atom. The molecule has 2 fully saturated rings. The third-order valence-electron chi connectivity index (χ3n) is 4.52. The average Bonchev–Trinajstić information content (AvgIpc) is 3.42. The van der Waals surface area contributed by atoms with E-state index in [2.05, 4.69) is 47.9 Å². The van der Waals surface area contributed by atoms with Gasteiger partial charge in [0.15, 0.2) is 5.96 Å². The fourth-order valence-corrected chi connectivity index (χ4v) is 2.67. The van der Waals surface area contributed by atoms with Crippen LogP contribution in [0.1, 0.15) is 51.0 Å². The second kappa shape index (κ2) is 8.18. The van der Waals surface area contributed by atoms with Crippen LogP contribution in [0, 0.1) is 0 Å². The summed E-state index contributed by atoms with van der Waals surface area (Å²) >= 11 is 0. The van der Waals surface area contributed by atoms with Crippen molar-refractivity contribution in [2.45, 2.75) is 56.9 Å². The lowest BCUT2D eigenvalue weighted by molar-refractivity contribution is 0.681. The number of aliphatic imine (C=N–C) groups is 1. The van der Waals surface area contributed by atoms with Crippen LogP contribution in [0.4, 0.5) is 0 Å². The van der Waals surface area contributed by atoms with Crippen LogP contribution in [0.3, 0.4) is 0 Å². The predicted molar refractivity (Wildman–Crippen MR) is 104 cm³/mol. The molecule has 0 aromatic heterocycles. The fraction of sp³-hybridized carbons (Fsp3) is 0.611. The molecular weight excluding hydrogens is 385 g/mol. The van der Waals surface area contributed by atoms with E-state index in [-0.39, 0.29) is 24.0 Å². The molecule has 0 aliphatic heterocycles. The maximum Gasteiger partial charge on any atom is 0.191 e. The summed E-state index contributed by atoms with van der Waals surface area (Å²) in [6.45, 7) is 4.15. The second-order valence-corrected chi connectivity index (χ2v) is 6.51. The molecule has 1 aromatic rings. The zero-order valence-electron chi connectivity index (χ0n) is 13.5. The minimum atomic E-state index is 0. The molecule has 0 saturated heterocycles. The Morgan fingerprint density at radius 3 is 2.55 bits per heavy atom. The van der Waals surface area contributed by atoms with E-state index in [1.165, 1.54) is 44.1 Å². The van der Waals surface area contributed by atoms with Gasteiger partial charge in [0, 0.05) is 18.0 Å². The van der Waals surface area contributed by atoms with Crippen LogP contribution >= 0.6 is 24.0 Å². The molecule has 3 rings (SSSR count). The van der Waals surface area contributed by atoms with E-state index in [9.17, 15) is 0 Å². The molecule has 2 aliphatic carbocycles. The minimum absolute atomic E-state index is 0. The lowest BCUT2D eigenvalue weighted by Gasteiger charge is -2.16. The molecule has 0 atom stereocenters. The number of nitrogens with zero attached hydrogens (tertiary/aromatic N) is 1. The number of hydrogen-bond acceptors (Lipinski definition) is 1. The van der Waals surface area contributed by atoms with Crippen molar-refractivity contribution in [3.05, 3.63) is 35.9 Å². The Labute approximate surface area is 151 Å². The van der Waals surface area contributed by atoms with E-state index in [0.29, 0.717) is 11.5 Å². The zero-order chi connectivity index (χ0) is 14.5. The van der Waals surface area contributed by atoms with Gasteiger partial charge in [-0.2, -0.15) is 0 Å². The van der Waals surface area contributed by atoms with Crippen molar-refractivity contribution in [2.75, 3.05) is 13.1 Å². The normalized spacial score (nSPS) is 19.2. The third-order valence-corrected chi connectivity index (χ3v) is 4.52. The number of benzene rings is 1. The summed E-state index contributed by atoms with van der Waals surface area (Å²) < 4.78 is 0. The number of unbranched alkanes of at least 4 members (excludes halogenated alkanes) is 1. The van der Waals surface area contributed by atoms with Gasteiger partial charge in [-0.25, -0.2) is 0 Å². The van der Waals surface area contributed by atoms with Gasteiger partial charge in [-0.15, -0.1) is 24.0 Å². The maximum atomic E-state index is 4.88. The number of guanidine groups is 1. The first-order valence-corrected chi connectivity index (χ1v) is 8.43. The Hall–Kier alpha value is -0.780. The highest BCUT2D eigenvalue weighted by Gasteiger charge is 2.44. The Bertz CT molecular complexity index is 478. The highest BCUT2D eigenvalue weighted by molar-refractivity contribution is 14.0. The molecule has 2 saturated carbocycles. The van der Waals surface area contributed by atoms with Gasteiger partial charge < -0.3 is 10.6 Å². The van der Waals surface area contributed by atoms with Crippen molar-refractivity contribution in [2.24, 2.45) is 4.99 Å². The largest absolute Gasteiger partial charge is 0.356 e. The summed E-state index contributed by atoms with van der Waals surface area (Å²) in [5, 5.41) is 7.02. The molecule has 1 aromatic carbocycles. The number of hydrogen-bond donors (Lipinski definition) is 2. The molecule has 0 amide bonds. The molecule has 0 radical (unpaired) electrons. The minimum Gasteiger partial charge on any atom is -0.356 e. The van der Waals surface area contributed by atoms with Gasteiger partial charge in [0.2, 0.25) is 0 Å². The van der Waals surface area contributed by atoms with Crippen LogP contribution in [0.5, 0.6) is 0 Å². The maximum absolute atomic E-state index is 4.88. The summed E-state index contributed by atoms with van der Waals surface area (Å²) in [4.78, 5) is 4.88. The first-order chi connectivity index (χ1) is 10.3. The number of halogens is 1. The van der Waals surface area contributed by atoms with E-state index < -0.39 is 0 Å². The van der Waals surface area contributed by atoms with Crippen molar-refractivity contribution in [3.63, 3.8) is 0 Å². The lowest BCUT2D eigenvalue weighted by Crippen LogP contribution is -2.39. The predicted octanol–water partition coefficient (Wildman–Crippen LogP) is 3.83. The summed E-state index contributed by atoms with van der Waals surface area (Å²) in [7, 11) is 0. The third kappa shape index (κ3) is 4.86. The van der Waals surface area contributed by atoms with Crippen LogP contribution in [-0.2, 0) is 5.41 Å².